The molecule has 4 nitrogen and oxygen atoms in total. The van der Waals surface area contributed by atoms with Gasteiger partial charge in [0.05, 0.1) is 4.88 Å². The molecule has 0 radical (unpaired) electrons. The van der Waals surface area contributed by atoms with E-state index in [0.717, 1.165) is 44.0 Å². The van der Waals surface area contributed by atoms with E-state index in [1.807, 2.05) is 34.8 Å². The fraction of sp³-hybridized carbons (Fsp3) is 0.375. The fourth-order valence-corrected chi connectivity index (χ4v) is 3.26. The van der Waals surface area contributed by atoms with E-state index < -0.39 is 0 Å². The molecule has 2 aromatic heterocycles. The van der Waals surface area contributed by atoms with Crippen molar-refractivity contribution < 1.29 is 4.79 Å². The second kappa shape index (κ2) is 8.27. The summed E-state index contributed by atoms with van der Waals surface area (Å²) in [6.45, 7) is 4.62. The minimum atomic E-state index is 0. The molecule has 0 unspecified atom stereocenters. The summed E-state index contributed by atoms with van der Waals surface area (Å²) in [7, 11) is 0. The Morgan fingerprint density at radius 3 is 2.50 bits per heavy atom. The van der Waals surface area contributed by atoms with Gasteiger partial charge in [0, 0.05) is 45.1 Å². The van der Waals surface area contributed by atoms with Gasteiger partial charge in [0.1, 0.15) is 0 Å². The number of piperazine rings is 1. The number of aromatic nitrogens is 1. The van der Waals surface area contributed by atoms with E-state index in [9.17, 15) is 4.79 Å². The van der Waals surface area contributed by atoms with Gasteiger partial charge in [0.2, 0.25) is 0 Å². The van der Waals surface area contributed by atoms with Crippen LogP contribution in [0.3, 0.4) is 0 Å². The van der Waals surface area contributed by atoms with Crippen molar-refractivity contribution in [2.45, 2.75) is 6.42 Å². The second-order valence-electron chi connectivity index (χ2n) is 5.22. The summed E-state index contributed by atoms with van der Waals surface area (Å²) < 4.78 is 0. The molecule has 1 aliphatic rings. The van der Waals surface area contributed by atoms with Gasteiger partial charge < -0.3 is 4.90 Å². The molecular formula is C16H20ClN3OS. The number of nitrogens with zero attached hydrogens (tertiary/aromatic N) is 3. The SMILES string of the molecule is Cl.O=C(c1cccs1)N1CCN(CCc2ccncc2)CC1. The maximum atomic E-state index is 12.3. The summed E-state index contributed by atoms with van der Waals surface area (Å²) >= 11 is 1.52. The number of thiophene rings is 1. The number of rotatable bonds is 4. The minimum absolute atomic E-state index is 0. The van der Waals surface area contributed by atoms with Gasteiger partial charge in [-0.3, -0.25) is 14.7 Å². The Labute approximate surface area is 141 Å². The van der Waals surface area contributed by atoms with Crippen molar-refractivity contribution in [3.63, 3.8) is 0 Å². The van der Waals surface area contributed by atoms with E-state index in [-0.39, 0.29) is 18.3 Å². The highest BCUT2D eigenvalue weighted by Crippen LogP contribution is 2.14. The molecule has 3 rings (SSSR count). The van der Waals surface area contributed by atoms with Gasteiger partial charge in [0.25, 0.3) is 5.91 Å². The number of amides is 1. The molecule has 0 atom stereocenters. The maximum Gasteiger partial charge on any atom is 0.264 e. The van der Waals surface area contributed by atoms with Crippen molar-refractivity contribution >= 4 is 29.7 Å². The van der Waals surface area contributed by atoms with Gasteiger partial charge in [-0.1, -0.05) is 6.07 Å². The number of carbonyl (C=O) groups is 1. The molecule has 1 aliphatic heterocycles. The minimum Gasteiger partial charge on any atom is -0.335 e. The Kier molecular flexibility index (Phi) is 6.36. The summed E-state index contributed by atoms with van der Waals surface area (Å²) in [6.07, 6.45) is 4.72. The molecule has 1 saturated heterocycles. The van der Waals surface area contributed by atoms with E-state index in [2.05, 4.69) is 22.0 Å². The molecule has 0 N–H and O–H groups in total. The van der Waals surface area contributed by atoms with Crippen LogP contribution < -0.4 is 0 Å². The highest BCUT2D eigenvalue weighted by molar-refractivity contribution is 7.12. The number of halogens is 1. The van der Waals surface area contributed by atoms with Gasteiger partial charge in [-0.05, 0) is 35.6 Å². The van der Waals surface area contributed by atoms with Crippen LogP contribution in [0.5, 0.6) is 0 Å². The number of hydrogen-bond donors (Lipinski definition) is 0. The molecule has 0 saturated carbocycles. The van der Waals surface area contributed by atoms with Gasteiger partial charge in [-0.25, -0.2) is 0 Å². The molecule has 22 heavy (non-hydrogen) atoms. The lowest BCUT2D eigenvalue weighted by Gasteiger charge is -2.34. The number of carbonyl (C=O) groups excluding carboxylic acids is 1. The normalized spacial score (nSPS) is 15.4. The van der Waals surface area contributed by atoms with Crippen molar-refractivity contribution in [2.24, 2.45) is 0 Å². The van der Waals surface area contributed by atoms with Gasteiger partial charge in [-0.15, -0.1) is 23.7 Å². The van der Waals surface area contributed by atoms with E-state index in [1.54, 1.807) is 0 Å². The zero-order chi connectivity index (χ0) is 14.5. The van der Waals surface area contributed by atoms with Crippen LogP contribution in [0.2, 0.25) is 0 Å². The average molecular weight is 338 g/mol. The van der Waals surface area contributed by atoms with Crippen LogP contribution in [-0.4, -0.2) is 53.4 Å². The Bertz CT molecular complexity index is 568. The first kappa shape index (κ1) is 16.9. The highest BCUT2D eigenvalue weighted by atomic mass is 35.5. The van der Waals surface area contributed by atoms with Gasteiger partial charge in [-0.2, -0.15) is 0 Å². The largest absolute Gasteiger partial charge is 0.335 e. The van der Waals surface area contributed by atoms with Gasteiger partial charge in [0.15, 0.2) is 0 Å². The first-order chi connectivity index (χ1) is 10.3. The van der Waals surface area contributed by atoms with Crippen LogP contribution in [0.25, 0.3) is 0 Å². The molecule has 0 aromatic carbocycles. The number of pyridine rings is 1. The molecule has 0 spiro atoms. The first-order valence-electron chi connectivity index (χ1n) is 7.27. The molecule has 3 heterocycles. The third kappa shape index (κ3) is 4.29. The number of hydrogen-bond acceptors (Lipinski definition) is 4. The summed E-state index contributed by atoms with van der Waals surface area (Å²) in [5.41, 5.74) is 1.32. The standard InChI is InChI=1S/C16H19N3OS.ClH/c20-16(15-2-1-13-21-15)19-11-9-18(10-12-19)8-5-14-3-6-17-7-4-14;/h1-4,6-7,13H,5,8-12H2;1H. The Balaban J connectivity index is 0.00000176. The topological polar surface area (TPSA) is 36.4 Å². The summed E-state index contributed by atoms with van der Waals surface area (Å²) in [5, 5.41) is 1.96. The van der Waals surface area contributed by atoms with Crippen LogP contribution in [0.4, 0.5) is 0 Å². The lowest BCUT2D eigenvalue weighted by atomic mass is 10.2. The monoisotopic (exact) mass is 337 g/mol. The molecule has 6 heteroatoms. The summed E-state index contributed by atoms with van der Waals surface area (Å²) in [5.74, 6) is 0.179. The van der Waals surface area contributed by atoms with Crippen LogP contribution >= 0.6 is 23.7 Å². The van der Waals surface area contributed by atoms with Crippen LogP contribution in [-0.2, 0) is 6.42 Å². The Morgan fingerprint density at radius 2 is 1.86 bits per heavy atom. The molecule has 0 bridgehead atoms. The molecule has 118 valence electrons. The van der Waals surface area contributed by atoms with Crippen LogP contribution in [0, 0.1) is 0 Å². The lowest BCUT2D eigenvalue weighted by Crippen LogP contribution is -2.48. The van der Waals surface area contributed by atoms with E-state index in [0.29, 0.717) is 0 Å². The lowest BCUT2D eigenvalue weighted by molar-refractivity contribution is 0.0643. The second-order valence-corrected chi connectivity index (χ2v) is 6.16. The van der Waals surface area contributed by atoms with E-state index in [1.165, 1.54) is 16.9 Å². The molecule has 1 amide bonds. The summed E-state index contributed by atoms with van der Waals surface area (Å²) in [4.78, 5) is 21.5. The quantitative estimate of drug-likeness (QED) is 0.860. The maximum absolute atomic E-state index is 12.3. The van der Waals surface area contributed by atoms with Crippen LogP contribution in [0.1, 0.15) is 15.2 Å². The highest BCUT2D eigenvalue weighted by Gasteiger charge is 2.22. The van der Waals surface area contributed by atoms with E-state index in [4.69, 9.17) is 0 Å². The third-order valence-electron chi connectivity index (χ3n) is 3.86. The fourth-order valence-electron chi connectivity index (χ4n) is 2.57. The smallest absolute Gasteiger partial charge is 0.264 e. The van der Waals surface area contributed by atoms with Gasteiger partial charge >= 0.3 is 0 Å². The predicted octanol–water partition coefficient (Wildman–Crippen LogP) is 2.57. The average Bonchev–Trinajstić information content (AvgIpc) is 3.08. The summed E-state index contributed by atoms with van der Waals surface area (Å²) in [6, 6.07) is 7.97. The van der Waals surface area contributed by atoms with Crippen molar-refractivity contribution in [1.82, 2.24) is 14.8 Å². The van der Waals surface area contributed by atoms with Crippen LogP contribution in [0.15, 0.2) is 42.0 Å². The molecule has 1 fully saturated rings. The van der Waals surface area contributed by atoms with E-state index >= 15 is 0 Å². The Hall–Kier alpha value is -1.43. The van der Waals surface area contributed by atoms with Crippen molar-refractivity contribution in [3.05, 3.63) is 52.5 Å². The van der Waals surface area contributed by atoms with Crippen molar-refractivity contribution in [3.8, 4) is 0 Å². The molecular weight excluding hydrogens is 318 g/mol. The van der Waals surface area contributed by atoms with Crippen molar-refractivity contribution in [2.75, 3.05) is 32.7 Å². The first-order valence-corrected chi connectivity index (χ1v) is 8.15. The zero-order valence-corrected chi connectivity index (χ0v) is 14.0. The molecule has 0 aliphatic carbocycles. The Morgan fingerprint density at radius 1 is 1.14 bits per heavy atom. The van der Waals surface area contributed by atoms with Crippen molar-refractivity contribution in [1.29, 1.82) is 0 Å². The predicted molar refractivity (Wildman–Crippen MR) is 91.9 cm³/mol. The molecule has 2 aromatic rings. The third-order valence-corrected chi connectivity index (χ3v) is 4.72. The zero-order valence-electron chi connectivity index (χ0n) is 12.4.